The van der Waals surface area contributed by atoms with E-state index >= 15 is 0 Å². The summed E-state index contributed by atoms with van der Waals surface area (Å²) in [4.78, 5) is 22.9. The molecule has 2 N–H and O–H groups in total. The normalized spacial score (nSPS) is 18.9. The zero-order valence-corrected chi connectivity index (χ0v) is 12.8. The number of rotatable bonds is 4. The van der Waals surface area contributed by atoms with E-state index in [1.165, 1.54) is 12.8 Å². The van der Waals surface area contributed by atoms with Crippen molar-refractivity contribution in [1.29, 1.82) is 0 Å². The molecule has 20 heavy (non-hydrogen) atoms. The SMILES string of the molecule is CC(C)(C)OC(=O)N[C@H](CC(=O)O)C1CCCCCC1. The Labute approximate surface area is 121 Å². The highest BCUT2D eigenvalue weighted by molar-refractivity contribution is 5.71. The van der Waals surface area contributed by atoms with Crippen LogP contribution in [0, 0.1) is 5.92 Å². The van der Waals surface area contributed by atoms with Gasteiger partial charge in [-0.05, 0) is 39.5 Å². The Balaban J connectivity index is 2.63. The number of amides is 1. The van der Waals surface area contributed by atoms with Crippen LogP contribution in [0.2, 0.25) is 0 Å². The Morgan fingerprint density at radius 2 is 1.75 bits per heavy atom. The van der Waals surface area contributed by atoms with Crippen molar-refractivity contribution in [2.24, 2.45) is 5.92 Å². The molecule has 1 aliphatic rings. The van der Waals surface area contributed by atoms with Crippen molar-refractivity contribution in [1.82, 2.24) is 5.32 Å². The van der Waals surface area contributed by atoms with E-state index in [2.05, 4.69) is 5.32 Å². The lowest BCUT2D eigenvalue weighted by atomic mass is 9.90. The second-order valence-corrected chi connectivity index (χ2v) is 6.60. The summed E-state index contributed by atoms with van der Waals surface area (Å²) in [5.74, 6) is -0.642. The fourth-order valence-electron chi connectivity index (χ4n) is 2.70. The van der Waals surface area contributed by atoms with Gasteiger partial charge in [0.1, 0.15) is 5.60 Å². The summed E-state index contributed by atoms with van der Waals surface area (Å²) in [5.41, 5.74) is -0.568. The van der Waals surface area contributed by atoms with Crippen LogP contribution in [0.4, 0.5) is 4.79 Å². The molecule has 0 radical (unpaired) electrons. The van der Waals surface area contributed by atoms with Crippen LogP contribution < -0.4 is 5.32 Å². The van der Waals surface area contributed by atoms with E-state index in [0.717, 1.165) is 25.7 Å². The third-order valence-corrected chi connectivity index (χ3v) is 3.57. The monoisotopic (exact) mass is 285 g/mol. The zero-order chi connectivity index (χ0) is 15.2. The molecule has 1 atom stereocenters. The Hall–Kier alpha value is -1.26. The molecular weight excluding hydrogens is 258 g/mol. The van der Waals surface area contributed by atoms with E-state index in [4.69, 9.17) is 9.84 Å². The first-order valence-corrected chi connectivity index (χ1v) is 7.49. The first-order valence-electron chi connectivity index (χ1n) is 7.49. The van der Waals surface area contributed by atoms with Crippen LogP contribution in [0.15, 0.2) is 0 Å². The lowest BCUT2D eigenvalue weighted by molar-refractivity contribution is -0.137. The average molecular weight is 285 g/mol. The standard InChI is InChI=1S/C15H27NO4/c1-15(2,3)20-14(19)16-12(10-13(17)18)11-8-6-4-5-7-9-11/h11-12H,4-10H2,1-3H3,(H,16,19)(H,17,18)/t12-/m1/s1. The highest BCUT2D eigenvalue weighted by Gasteiger charge is 2.28. The number of carbonyl (C=O) groups excluding carboxylic acids is 1. The van der Waals surface area contributed by atoms with Gasteiger partial charge in [0.25, 0.3) is 0 Å². The molecule has 0 bridgehead atoms. The maximum absolute atomic E-state index is 11.9. The van der Waals surface area contributed by atoms with E-state index < -0.39 is 17.7 Å². The molecule has 5 nitrogen and oxygen atoms in total. The highest BCUT2D eigenvalue weighted by Crippen LogP contribution is 2.27. The molecule has 0 spiro atoms. The van der Waals surface area contributed by atoms with E-state index in [1.807, 2.05) is 0 Å². The predicted molar refractivity (Wildman–Crippen MR) is 76.6 cm³/mol. The number of aliphatic carboxylic acids is 1. The largest absolute Gasteiger partial charge is 0.481 e. The van der Waals surface area contributed by atoms with Gasteiger partial charge in [-0.15, -0.1) is 0 Å². The maximum atomic E-state index is 11.9. The fraction of sp³-hybridized carbons (Fsp3) is 0.867. The Morgan fingerprint density at radius 3 is 2.20 bits per heavy atom. The number of ether oxygens (including phenoxy) is 1. The minimum Gasteiger partial charge on any atom is -0.481 e. The van der Waals surface area contributed by atoms with Gasteiger partial charge in [0, 0.05) is 6.04 Å². The summed E-state index contributed by atoms with van der Waals surface area (Å²) >= 11 is 0. The second-order valence-electron chi connectivity index (χ2n) is 6.60. The van der Waals surface area contributed by atoms with Gasteiger partial charge in [-0.25, -0.2) is 4.79 Å². The number of carboxylic acid groups (broad SMARTS) is 1. The van der Waals surface area contributed by atoms with Crippen molar-refractivity contribution < 1.29 is 19.4 Å². The van der Waals surface area contributed by atoms with Crippen molar-refractivity contribution in [3.05, 3.63) is 0 Å². The minimum absolute atomic E-state index is 0.0378. The summed E-state index contributed by atoms with van der Waals surface area (Å²) in [7, 11) is 0. The van der Waals surface area contributed by atoms with Gasteiger partial charge in [0.2, 0.25) is 0 Å². The number of hydrogen-bond donors (Lipinski definition) is 2. The molecule has 0 saturated heterocycles. The van der Waals surface area contributed by atoms with E-state index in [9.17, 15) is 9.59 Å². The van der Waals surface area contributed by atoms with Gasteiger partial charge < -0.3 is 15.2 Å². The van der Waals surface area contributed by atoms with Gasteiger partial charge in [-0.1, -0.05) is 25.7 Å². The maximum Gasteiger partial charge on any atom is 0.407 e. The smallest absolute Gasteiger partial charge is 0.407 e. The van der Waals surface area contributed by atoms with E-state index in [-0.39, 0.29) is 18.4 Å². The Morgan fingerprint density at radius 1 is 1.20 bits per heavy atom. The van der Waals surface area contributed by atoms with Crippen LogP contribution in [-0.4, -0.2) is 28.8 Å². The molecular formula is C15H27NO4. The van der Waals surface area contributed by atoms with Gasteiger partial charge >= 0.3 is 12.1 Å². The summed E-state index contributed by atoms with van der Waals surface area (Å²) in [6.45, 7) is 5.39. The molecule has 0 aliphatic heterocycles. The molecule has 5 heteroatoms. The average Bonchev–Trinajstić information content (AvgIpc) is 2.52. The predicted octanol–water partition coefficient (Wildman–Crippen LogP) is 3.32. The molecule has 1 saturated carbocycles. The lowest BCUT2D eigenvalue weighted by Crippen LogP contribution is -2.44. The first kappa shape index (κ1) is 16.8. The Bertz CT molecular complexity index is 327. The summed E-state index contributed by atoms with van der Waals surface area (Å²) in [6, 6.07) is -0.333. The number of alkyl carbamates (subject to hydrolysis) is 1. The highest BCUT2D eigenvalue weighted by atomic mass is 16.6. The van der Waals surface area contributed by atoms with Gasteiger partial charge in [0.05, 0.1) is 6.42 Å². The quantitative estimate of drug-likeness (QED) is 0.777. The molecule has 0 aromatic carbocycles. The third kappa shape index (κ3) is 6.78. The lowest BCUT2D eigenvalue weighted by Gasteiger charge is -2.28. The molecule has 1 amide bonds. The van der Waals surface area contributed by atoms with Crippen molar-refractivity contribution in [2.45, 2.75) is 77.4 Å². The molecule has 116 valence electrons. The van der Waals surface area contributed by atoms with Crippen LogP contribution >= 0.6 is 0 Å². The van der Waals surface area contributed by atoms with E-state index in [1.54, 1.807) is 20.8 Å². The third-order valence-electron chi connectivity index (χ3n) is 3.57. The number of nitrogens with one attached hydrogen (secondary N) is 1. The van der Waals surface area contributed by atoms with Crippen LogP contribution in [0.1, 0.15) is 65.7 Å². The molecule has 1 rings (SSSR count). The number of carboxylic acids is 1. The van der Waals surface area contributed by atoms with Crippen molar-refractivity contribution in [2.75, 3.05) is 0 Å². The van der Waals surface area contributed by atoms with Crippen LogP contribution in [-0.2, 0) is 9.53 Å². The zero-order valence-electron chi connectivity index (χ0n) is 12.8. The summed E-state index contributed by atoms with van der Waals surface area (Å²) < 4.78 is 5.23. The molecule has 0 aromatic rings. The molecule has 1 fully saturated rings. The summed E-state index contributed by atoms with van der Waals surface area (Å²) in [6.07, 6.45) is 6.01. The van der Waals surface area contributed by atoms with Crippen LogP contribution in [0.5, 0.6) is 0 Å². The first-order chi connectivity index (χ1) is 9.28. The molecule has 0 aromatic heterocycles. The second kappa shape index (κ2) is 7.50. The number of hydrogen-bond acceptors (Lipinski definition) is 3. The van der Waals surface area contributed by atoms with E-state index in [0.29, 0.717) is 0 Å². The minimum atomic E-state index is -0.879. The van der Waals surface area contributed by atoms with Crippen LogP contribution in [0.25, 0.3) is 0 Å². The van der Waals surface area contributed by atoms with Gasteiger partial charge in [-0.2, -0.15) is 0 Å². The van der Waals surface area contributed by atoms with Crippen molar-refractivity contribution in [3.8, 4) is 0 Å². The molecule has 1 aliphatic carbocycles. The van der Waals surface area contributed by atoms with Crippen LogP contribution in [0.3, 0.4) is 0 Å². The topological polar surface area (TPSA) is 75.6 Å². The van der Waals surface area contributed by atoms with Crippen molar-refractivity contribution in [3.63, 3.8) is 0 Å². The summed E-state index contributed by atoms with van der Waals surface area (Å²) in [5, 5.41) is 11.8. The van der Waals surface area contributed by atoms with Gasteiger partial charge in [0.15, 0.2) is 0 Å². The molecule has 0 unspecified atom stereocenters. The van der Waals surface area contributed by atoms with Gasteiger partial charge in [-0.3, -0.25) is 4.79 Å². The fourth-order valence-corrected chi connectivity index (χ4v) is 2.70. The Kier molecular flexibility index (Phi) is 6.30. The number of carbonyl (C=O) groups is 2. The van der Waals surface area contributed by atoms with Crippen molar-refractivity contribution >= 4 is 12.1 Å². The molecule has 0 heterocycles.